The summed E-state index contributed by atoms with van der Waals surface area (Å²) in [4.78, 5) is 25.5. The first-order valence-corrected chi connectivity index (χ1v) is 8.64. The van der Waals surface area contributed by atoms with Crippen LogP contribution in [-0.4, -0.2) is 10.5 Å². The molecule has 1 aliphatic rings. The molecule has 6 heteroatoms. The molecule has 0 fully saturated rings. The molecule has 1 N–H and O–H groups in total. The van der Waals surface area contributed by atoms with Crippen LogP contribution >= 0.6 is 23.2 Å². The standard InChI is InChI=1S/C19H14Cl2N2O2/c1-10-5-11-3-2-4-15-17(11)23(10)9-16(18(15)24)19(25)22-14-7-12(20)6-13(21)8-14/h2-4,6-10H,5H2,1H3,(H,22,25)/t10-/m0/s1. The maximum Gasteiger partial charge on any atom is 0.261 e. The van der Waals surface area contributed by atoms with E-state index in [1.807, 2.05) is 16.7 Å². The van der Waals surface area contributed by atoms with Crippen LogP contribution in [0.5, 0.6) is 0 Å². The molecule has 1 atom stereocenters. The first-order chi connectivity index (χ1) is 11.9. The van der Waals surface area contributed by atoms with Crippen molar-refractivity contribution in [2.24, 2.45) is 0 Å². The Labute approximate surface area is 154 Å². The lowest BCUT2D eigenvalue weighted by molar-refractivity contribution is 0.102. The first kappa shape index (κ1) is 16.2. The van der Waals surface area contributed by atoms with E-state index in [-0.39, 0.29) is 17.0 Å². The fourth-order valence-corrected chi connectivity index (χ4v) is 3.93. The quantitative estimate of drug-likeness (QED) is 0.709. The molecule has 4 rings (SSSR count). The van der Waals surface area contributed by atoms with Gasteiger partial charge in [0.1, 0.15) is 5.56 Å². The summed E-state index contributed by atoms with van der Waals surface area (Å²) in [5.41, 5.74) is 2.34. The van der Waals surface area contributed by atoms with Crippen molar-refractivity contribution >= 4 is 45.7 Å². The zero-order chi connectivity index (χ0) is 17.7. The third kappa shape index (κ3) is 2.71. The van der Waals surface area contributed by atoms with E-state index in [2.05, 4.69) is 12.2 Å². The summed E-state index contributed by atoms with van der Waals surface area (Å²) in [5, 5.41) is 4.10. The van der Waals surface area contributed by atoms with E-state index < -0.39 is 5.91 Å². The van der Waals surface area contributed by atoms with E-state index >= 15 is 0 Å². The van der Waals surface area contributed by atoms with Gasteiger partial charge in [0, 0.05) is 33.4 Å². The summed E-state index contributed by atoms with van der Waals surface area (Å²) < 4.78 is 2.01. The van der Waals surface area contributed by atoms with E-state index in [9.17, 15) is 9.59 Å². The van der Waals surface area contributed by atoms with Crippen molar-refractivity contribution in [2.75, 3.05) is 5.32 Å². The minimum Gasteiger partial charge on any atom is -0.343 e. The highest BCUT2D eigenvalue weighted by molar-refractivity contribution is 6.35. The van der Waals surface area contributed by atoms with Crippen molar-refractivity contribution in [3.05, 3.63) is 74.0 Å². The van der Waals surface area contributed by atoms with Crippen molar-refractivity contribution in [3.8, 4) is 0 Å². The van der Waals surface area contributed by atoms with Gasteiger partial charge in [-0.2, -0.15) is 0 Å². The lowest BCUT2D eigenvalue weighted by Crippen LogP contribution is -2.23. The molecule has 0 saturated heterocycles. The molecule has 126 valence electrons. The summed E-state index contributed by atoms with van der Waals surface area (Å²) in [6, 6.07) is 10.6. The molecule has 1 amide bonds. The minimum absolute atomic E-state index is 0.106. The fourth-order valence-electron chi connectivity index (χ4n) is 3.40. The highest BCUT2D eigenvalue weighted by Gasteiger charge is 2.24. The maximum absolute atomic E-state index is 12.8. The molecule has 2 heterocycles. The number of nitrogens with one attached hydrogen (secondary N) is 1. The number of carbonyl (C=O) groups excluding carboxylic acids is 1. The van der Waals surface area contributed by atoms with Crippen LogP contribution in [0.3, 0.4) is 0 Å². The molecule has 0 spiro atoms. The van der Waals surface area contributed by atoms with E-state index in [0.717, 1.165) is 17.5 Å². The summed E-state index contributed by atoms with van der Waals surface area (Å²) >= 11 is 11.9. The van der Waals surface area contributed by atoms with Crippen LogP contribution in [0, 0.1) is 0 Å². The molecule has 1 aromatic heterocycles. The largest absolute Gasteiger partial charge is 0.343 e. The van der Waals surface area contributed by atoms with E-state index in [1.54, 1.807) is 30.5 Å². The molecule has 2 aromatic carbocycles. The van der Waals surface area contributed by atoms with Crippen molar-refractivity contribution in [1.82, 2.24) is 4.57 Å². The van der Waals surface area contributed by atoms with Crippen LogP contribution in [0.1, 0.15) is 28.9 Å². The van der Waals surface area contributed by atoms with Gasteiger partial charge < -0.3 is 9.88 Å². The zero-order valence-corrected chi connectivity index (χ0v) is 14.9. The number of nitrogens with zero attached hydrogens (tertiary/aromatic N) is 1. The number of halogens is 2. The van der Waals surface area contributed by atoms with E-state index in [0.29, 0.717) is 21.1 Å². The molecule has 0 unspecified atom stereocenters. The SMILES string of the molecule is C[C@H]1Cc2cccc3c(=O)c(C(=O)Nc4cc(Cl)cc(Cl)c4)cn1c23. The molecule has 3 aromatic rings. The van der Waals surface area contributed by atoms with Crippen LogP contribution in [0.2, 0.25) is 10.0 Å². The normalized spacial score (nSPS) is 15.6. The van der Waals surface area contributed by atoms with Gasteiger partial charge in [-0.1, -0.05) is 35.3 Å². The van der Waals surface area contributed by atoms with Crippen molar-refractivity contribution in [2.45, 2.75) is 19.4 Å². The lowest BCUT2D eigenvalue weighted by Gasteiger charge is -2.13. The van der Waals surface area contributed by atoms with Gasteiger partial charge in [0.25, 0.3) is 5.91 Å². The summed E-state index contributed by atoms with van der Waals surface area (Å²) in [5.74, 6) is -0.474. The van der Waals surface area contributed by atoms with Crippen molar-refractivity contribution in [3.63, 3.8) is 0 Å². The number of carbonyl (C=O) groups is 1. The summed E-state index contributed by atoms with van der Waals surface area (Å²) in [6.07, 6.45) is 2.50. The van der Waals surface area contributed by atoms with Crippen LogP contribution in [0.4, 0.5) is 5.69 Å². The monoisotopic (exact) mass is 372 g/mol. The van der Waals surface area contributed by atoms with Crippen molar-refractivity contribution < 1.29 is 4.79 Å². The number of hydrogen-bond acceptors (Lipinski definition) is 2. The second-order valence-corrected chi connectivity index (χ2v) is 7.13. The summed E-state index contributed by atoms with van der Waals surface area (Å²) in [6.45, 7) is 2.07. The average Bonchev–Trinajstić information content (AvgIpc) is 2.86. The molecule has 0 radical (unpaired) electrons. The Morgan fingerprint density at radius 2 is 1.92 bits per heavy atom. The second-order valence-electron chi connectivity index (χ2n) is 6.26. The Bertz CT molecular complexity index is 1070. The number of hydrogen-bond donors (Lipinski definition) is 1. The third-order valence-electron chi connectivity index (χ3n) is 4.49. The number of para-hydroxylation sites is 1. The maximum atomic E-state index is 12.8. The minimum atomic E-state index is -0.474. The van der Waals surface area contributed by atoms with Gasteiger partial charge in [-0.25, -0.2) is 0 Å². The Morgan fingerprint density at radius 3 is 2.64 bits per heavy atom. The first-order valence-electron chi connectivity index (χ1n) is 7.88. The van der Waals surface area contributed by atoms with Crippen molar-refractivity contribution in [1.29, 1.82) is 0 Å². The number of anilines is 1. The highest BCUT2D eigenvalue weighted by Crippen LogP contribution is 2.31. The van der Waals surface area contributed by atoms with Crippen LogP contribution < -0.4 is 10.7 Å². The molecule has 1 aliphatic heterocycles. The predicted molar refractivity (Wildman–Crippen MR) is 101 cm³/mol. The molecular weight excluding hydrogens is 359 g/mol. The van der Waals surface area contributed by atoms with Crippen LogP contribution in [0.15, 0.2) is 47.4 Å². The molecule has 25 heavy (non-hydrogen) atoms. The van der Waals surface area contributed by atoms with E-state index in [1.165, 1.54) is 0 Å². The fraction of sp³-hybridized carbons (Fsp3) is 0.158. The van der Waals surface area contributed by atoms with Gasteiger partial charge in [-0.15, -0.1) is 0 Å². The van der Waals surface area contributed by atoms with Gasteiger partial charge in [0.15, 0.2) is 0 Å². The smallest absolute Gasteiger partial charge is 0.261 e. The molecule has 0 aliphatic carbocycles. The third-order valence-corrected chi connectivity index (χ3v) is 4.93. The van der Waals surface area contributed by atoms with Crippen LogP contribution in [-0.2, 0) is 6.42 Å². The van der Waals surface area contributed by atoms with Gasteiger partial charge in [0.05, 0.1) is 5.52 Å². The lowest BCUT2D eigenvalue weighted by atomic mass is 10.1. The number of pyridine rings is 1. The molecule has 0 bridgehead atoms. The number of benzene rings is 2. The second kappa shape index (κ2) is 5.90. The van der Waals surface area contributed by atoms with E-state index in [4.69, 9.17) is 23.2 Å². The van der Waals surface area contributed by atoms with Gasteiger partial charge in [0.2, 0.25) is 5.43 Å². The number of amides is 1. The Kier molecular flexibility index (Phi) is 3.82. The molecule has 0 saturated carbocycles. The Morgan fingerprint density at radius 1 is 1.20 bits per heavy atom. The van der Waals surface area contributed by atoms with Gasteiger partial charge in [-0.3, -0.25) is 9.59 Å². The number of rotatable bonds is 2. The number of aromatic nitrogens is 1. The topological polar surface area (TPSA) is 51.1 Å². The highest BCUT2D eigenvalue weighted by atomic mass is 35.5. The van der Waals surface area contributed by atoms with Gasteiger partial charge >= 0.3 is 0 Å². The Balaban J connectivity index is 1.81. The predicted octanol–water partition coefficient (Wildman–Crippen LogP) is 4.68. The summed E-state index contributed by atoms with van der Waals surface area (Å²) in [7, 11) is 0. The molecule has 4 nitrogen and oxygen atoms in total. The average molecular weight is 373 g/mol. The van der Waals surface area contributed by atoms with Crippen LogP contribution in [0.25, 0.3) is 10.9 Å². The Hall–Kier alpha value is -2.30. The zero-order valence-electron chi connectivity index (χ0n) is 13.3. The molecular formula is C19H14Cl2N2O2. The van der Waals surface area contributed by atoms with Gasteiger partial charge in [-0.05, 0) is 43.2 Å².